The van der Waals surface area contributed by atoms with E-state index in [0.29, 0.717) is 18.5 Å². The van der Waals surface area contributed by atoms with Crippen LogP contribution in [-0.2, 0) is 12.8 Å². The van der Waals surface area contributed by atoms with E-state index in [1.807, 2.05) is 0 Å². The highest BCUT2D eigenvalue weighted by Crippen LogP contribution is 2.11. The molecule has 0 aliphatic carbocycles. The summed E-state index contributed by atoms with van der Waals surface area (Å²) in [5.41, 5.74) is 1.57. The van der Waals surface area contributed by atoms with Crippen molar-refractivity contribution in [2.75, 3.05) is 0 Å². The summed E-state index contributed by atoms with van der Waals surface area (Å²) in [6.07, 6.45) is 1.25. The second kappa shape index (κ2) is 5.97. The molecular weight excluding hydrogens is 286 g/mol. The van der Waals surface area contributed by atoms with E-state index >= 15 is 0 Å². The summed E-state index contributed by atoms with van der Waals surface area (Å²) in [7, 11) is 0. The molecule has 1 heterocycles. The van der Waals surface area contributed by atoms with Gasteiger partial charge in [-0.05, 0) is 42.7 Å². The minimum absolute atomic E-state index is 0.195. The Morgan fingerprint density at radius 3 is 2.41 bits per heavy atom. The van der Waals surface area contributed by atoms with Crippen LogP contribution in [0, 0.1) is 11.6 Å². The number of hydrogen-bond donors (Lipinski definition) is 1. The summed E-state index contributed by atoms with van der Waals surface area (Å²) < 4.78 is 27.8. The number of nitrogens with one attached hydrogen (secondary N) is 1. The number of H-pyrrole nitrogens is 1. The standard InChI is InChI=1S/C17H14F2N2O/c18-13-8-5-12(6-9-13)7-10-14-11-17(22)21(20-14)16-4-2-1-3-15(16)19/h1-6,8-9,11,20H,7,10H2. The Morgan fingerprint density at radius 1 is 0.955 bits per heavy atom. The van der Waals surface area contributed by atoms with Crippen molar-refractivity contribution in [1.29, 1.82) is 0 Å². The van der Waals surface area contributed by atoms with E-state index in [0.717, 1.165) is 5.56 Å². The van der Waals surface area contributed by atoms with Crippen molar-refractivity contribution in [2.24, 2.45) is 0 Å². The van der Waals surface area contributed by atoms with E-state index in [2.05, 4.69) is 5.10 Å². The second-order valence-corrected chi connectivity index (χ2v) is 5.03. The molecule has 3 nitrogen and oxygen atoms in total. The second-order valence-electron chi connectivity index (χ2n) is 5.03. The minimum atomic E-state index is -0.462. The predicted octanol–water partition coefficient (Wildman–Crippen LogP) is 3.23. The minimum Gasteiger partial charge on any atom is -0.295 e. The van der Waals surface area contributed by atoms with Crippen LogP contribution in [0.25, 0.3) is 5.69 Å². The highest BCUT2D eigenvalue weighted by molar-refractivity contribution is 5.32. The molecule has 0 saturated carbocycles. The molecule has 0 spiro atoms. The Kier molecular flexibility index (Phi) is 3.87. The monoisotopic (exact) mass is 300 g/mol. The lowest BCUT2D eigenvalue weighted by atomic mass is 10.1. The summed E-state index contributed by atoms with van der Waals surface area (Å²) in [6, 6.07) is 13.8. The first-order valence-electron chi connectivity index (χ1n) is 6.94. The molecule has 5 heteroatoms. The number of hydrogen-bond acceptors (Lipinski definition) is 1. The molecule has 1 aromatic heterocycles. The molecule has 2 aromatic carbocycles. The number of rotatable bonds is 4. The van der Waals surface area contributed by atoms with Gasteiger partial charge in [0.25, 0.3) is 5.56 Å². The van der Waals surface area contributed by atoms with Crippen LogP contribution in [0.1, 0.15) is 11.3 Å². The highest BCUT2D eigenvalue weighted by atomic mass is 19.1. The molecule has 0 aliphatic heterocycles. The summed E-state index contributed by atoms with van der Waals surface area (Å²) in [5, 5.41) is 2.91. The van der Waals surface area contributed by atoms with Gasteiger partial charge in [-0.3, -0.25) is 9.89 Å². The molecule has 0 saturated heterocycles. The lowest BCUT2D eigenvalue weighted by Gasteiger charge is -2.03. The smallest absolute Gasteiger partial charge is 0.271 e. The van der Waals surface area contributed by atoms with Crippen molar-refractivity contribution in [3.63, 3.8) is 0 Å². The van der Waals surface area contributed by atoms with Gasteiger partial charge in [0.2, 0.25) is 0 Å². The van der Waals surface area contributed by atoms with Gasteiger partial charge < -0.3 is 0 Å². The normalized spacial score (nSPS) is 10.8. The van der Waals surface area contributed by atoms with E-state index in [-0.39, 0.29) is 17.1 Å². The topological polar surface area (TPSA) is 37.8 Å². The van der Waals surface area contributed by atoms with Crippen molar-refractivity contribution in [3.05, 3.63) is 87.8 Å². The van der Waals surface area contributed by atoms with Gasteiger partial charge in [0, 0.05) is 11.8 Å². The molecule has 3 rings (SSSR count). The van der Waals surface area contributed by atoms with Crippen molar-refractivity contribution in [1.82, 2.24) is 9.78 Å². The number of aromatic nitrogens is 2. The summed E-state index contributed by atoms with van der Waals surface area (Å²) >= 11 is 0. The Morgan fingerprint density at radius 2 is 1.68 bits per heavy atom. The van der Waals surface area contributed by atoms with Crippen LogP contribution in [0.2, 0.25) is 0 Å². The van der Waals surface area contributed by atoms with Crippen LogP contribution >= 0.6 is 0 Å². The zero-order chi connectivity index (χ0) is 15.5. The van der Waals surface area contributed by atoms with Gasteiger partial charge in [-0.15, -0.1) is 0 Å². The zero-order valence-electron chi connectivity index (χ0n) is 11.7. The van der Waals surface area contributed by atoms with Gasteiger partial charge in [-0.2, -0.15) is 0 Å². The van der Waals surface area contributed by atoms with Crippen LogP contribution in [0.3, 0.4) is 0 Å². The molecule has 1 N–H and O–H groups in total. The van der Waals surface area contributed by atoms with Crippen molar-refractivity contribution < 1.29 is 8.78 Å². The van der Waals surface area contributed by atoms with Crippen LogP contribution in [0.4, 0.5) is 8.78 Å². The summed E-state index contributed by atoms with van der Waals surface area (Å²) in [4.78, 5) is 12.0. The van der Waals surface area contributed by atoms with E-state index in [1.165, 1.54) is 35.0 Å². The average Bonchev–Trinajstić information content (AvgIpc) is 2.88. The third-order valence-electron chi connectivity index (χ3n) is 3.46. The molecule has 112 valence electrons. The van der Waals surface area contributed by atoms with Gasteiger partial charge in [0.1, 0.15) is 17.3 Å². The molecule has 22 heavy (non-hydrogen) atoms. The van der Waals surface area contributed by atoms with E-state index in [1.54, 1.807) is 24.3 Å². The van der Waals surface area contributed by atoms with Gasteiger partial charge in [0.15, 0.2) is 0 Å². The molecule has 3 aromatic rings. The number of benzene rings is 2. The molecule has 0 amide bonds. The van der Waals surface area contributed by atoms with Crippen LogP contribution < -0.4 is 5.56 Å². The SMILES string of the molecule is O=c1cc(CCc2ccc(F)cc2)[nH]n1-c1ccccc1F. The van der Waals surface area contributed by atoms with Gasteiger partial charge in [-0.1, -0.05) is 24.3 Å². The molecule has 0 atom stereocenters. The number of aromatic amines is 1. The first-order chi connectivity index (χ1) is 10.6. The Labute approximate surface area is 125 Å². The van der Waals surface area contributed by atoms with Crippen molar-refractivity contribution in [3.8, 4) is 5.69 Å². The van der Waals surface area contributed by atoms with E-state index in [9.17, 15) is 13.6 Å². The highest BCUT2D eigenvalue weighted by Gasteiger charge is 2.09. The first kappa shape index (κ1) is 14.3. The third kappa shape index (κ3) is 2.98. The van der Waals surface area contributed by atoms with Gasteiger partial charge in [0.05, 0.1) is 0 Å². The molecule has 0 unspecified atom stereocenters. The number of aryl methyl sites for hydroxylation is 2. The summed E-state index contributed by atoms with van der Waals surface area (Å²) in [6.45, 7) is 0. The molecule has 0 fully saturated rings. The number of para-hydroxylation sites is 1. The lowest BCUT2D eigenvalue weighted by Crippen LogP contribution is -2.14. The fraction of sp³-hybridized carbons (Fsp3) is 0.118. The van der Waals surface area contributed by atoms with Crippen molar-refractivity contribution >= 4 is 0 Å². The maximum Gasteiger partial charge on any atom is 0.271 e. The third-order valence-corrected chi connectivity index (χ3v) is 3.46. The largest absolute Gasteiger partial charge is 0.295 e. The Hall–Kier alpha value is -2.69. The Bertz CT molecular complexity index is 834. The molecular formula is C17H14F2N2O. The zero-order valence-corrected chi connectivity index (χ0v) is 11.7. The van der Waals surface area contributed by atoms with Crippen LogP contribution in [0.5, 0.6) is 0 Å². The van der Waals surface area contributed by atoms with E-state index in [4.69, 9.17) is 0 Å². The van der Waals surface area contributed by atoms with Crippen LogP contribution in [0.15, 0.2) is 59.4 Å². The maximum atomic E-state index is 13.7. The summed E-state index contributed by atoms with van der Waals surface area (Å²) in [5.74, 6) is -0.737. The van der Waals surface area contributed by atoms with Gasteiger partial charge >= 0.3 is 0 Å². The molecule has 0 bridgehead atoms. The predicted molar refractivity (Wildman–Crippen MR) is 80.2 cm³/mol. The fourth-order valence-electron chi connectivity index (χ4n) is 2.31. The molecule has 0 aliphatic rings. The number of halogens is 2. The lowest BCUT2D eigenvalue weighted by molar-refractivity contribution is 0.607. The molecule has 0 radical (unpaired) electrons. The van der Waals surface area contributed by atoms with Gasteiger partial charge in [-0.25, -0.2) is 13.5 Å². The first-order valence-corrected chi connectivity index (χ1v) is 6.94. The average molecular weight is 300 g/mol. The Balaban J connectivity index is 1.79. The van der Waals surface area contributed by atoms with Crippen molar-refractivity contribution in [2.45, 2.75) is 12.8 Å². The van der Waals surface area contributed by atoms with E-state index < -0.39 is 5.82 Å². The quantitative estimate of drug-likeness (QED) is 0.789. The number of nitrogens with zero attached hydrogens (tertiary/aromatic N) is 1. The maximum absolute atomic E-state index is 13.7. The van der Waals surface area contributed by atoms with Crippen LogP contribution in [-0.4, -0.2) is 9.78 Å². The fourth-order valence-corrected chi connectivity index (χ4v) is 2.31.